The van der Waals surface area contributed by atoms with Gasteiger partial charge in [-0.15, -0.1) is 5.10 Å². The van der Waals surface area contributed by atoms with Crippen LogP contribution in [0.15, 0.2) is 24.4 Å². The van der Waals surface area contributed by atoms with Crippen molar-refractivity contribution in [2.75, 3.05) is 0 Å². The maximum atomic E-state index is 4.27. The van der Waals surface area contributed by atoms with Crippen LogP contribution in [0.25, 0.3) is 0 Å². The molecular formula is C18H27N3. The number of aryl methyl sites for hydroxylation is 2. The number of aromatic nitrogens is 3. The van der Waals surface area contributed by atoms with Gasteiger partial charge in [0.2, 0.25) is 0 Å². The first-order chi connectivity index (χ1) is 9.81. The summed E-state index contributed by atoms with van der Waals surface area (Å²) in [6.07, 6.45) is 2.99. The zero-order chi connectivity index (χ0) is 15.6. The molecule has 0 aliphatic heterocycles. The number of nitrogens with zero attached hydrogens (tertiary/aromatic N) is 3. The molecule has 0 fully saturated rings. The van der Waals surface area contributed by atoms with Crippen LogP contribution >= 0.6 is 0 Å². The lowest BCUT2D eigenvalue weighted by Crippen LogP contribution is -2.12. The second kappa shape index (κ2) is 6.00. The quantitative estimate of drug-likeness (QED) is 0.840. The molecule has 0 saturated carbocycles. The highest BCUT2D eigenvalue weighted by molar-refractivity contribution is 5.37. The molecule has 0 amide bonds. The van der Waals surface area contributed by atoms with Gasteiger partial charge in [0, 0.05) is 12.7 Å². The summed E-state index contributed by atoms with van der Waals surface area (Å²) in [5, 5.41) is 8.39. The molecule has 1 heterocycles. The monoisotopic (exact) mass is 285 g/mol. The average molecular weight is 285 g/mol. The number of hydrogen-bond acceptors (Lipinski definition) is 2. The van der Waals surface area contributed by atoms with Crippen molar-refractivity contribution < 1.29 is 0 Å². The van der Waals surface area contributed by atoms with E-state index in [0.717, 1.165) is 18.7 Å². The van der Waals surface area contributed by atoms with E-state index < -0.39 is 0 Å². The number of hydrogen-bond donors (Lipinski definition) is 0. The summed E-state index contributed by atoms with van der Waals surface area (Å²) in [4.78, 5) is 0. The molecule has 1 aromatic heterocycles. The van der Waals surface area contributed by atoms with E-state index in [-0.39, 0.29) is 5.41 Å². The van der Waals surface area contributed by atoms with Gasteiger partial charge in [0.15, 0.2) is 0 Å². The molecule has 0 saturated heterocycles. The molecule has 0 spiro atoms. The Morgan fingerprint density at radius 2 is 1.95 bits per heavy atom. The Balaban J connectivity index is 2.23. The molecule has 1 aromatic carbocycles. The highest BCUT2D eigenvalue weighted by atomic mass is 15.4. The van der Waals surface area contributed by atoms with Crippen molar-refractivity contribution in [1.29, 1.82) is 0 Å². The standard InChI is InChI=1S/C18H27N3/c1-7-21-12-16(19-20-21)10-14(3)17-11-15(18(4,5)6)9-8-13(17)2/h8-9,11-12,14H,7,10H2,1-6H3. The first-order valence-corrected chi connectivity index (χ1v) is 7.81. The SMILES string of the molecule is CCn1cc(CC(C)c2cc(C(C)(C)C)ccc2C)nn1. The molecule has 0 aliphatic carbocycles. The first-order valence-electron chi connectivity index (χ1n) is 7.81. The lowest BCUT2D eigenvalue weighted by Gasteiger charge is -2.22. The van der Waals surface area contributed by atoms with Crippen molar-refractivity contribution in [2.45, 2.75) is 65.8 Å². The minimum absolute atomic E-state index is 0.188. The van der Waals surface area contributed by atoms with Crippen molar-refractivity contribution in [1.82, 2.24) is 15.0 Å². The van der Waals surface area contributed by atoms with Crippen LogP contribution in [0, 0.1) is 6.92 Å². The predicted molar refractivity (Wildman–Crippen MR) is 87.7 cm³/mol. The Bertz CT molecular complexity index is 605. The summed E-state index contributed by atoms with van der Waals surface area (Å²) >= 11 is 0. The van der Waals surface area contributed by atoms with Gasteiger partial charge in [0.1, 0.15) is 0 Å². The minimum atomic E-state index is 0.188. The summed E-state index contributed by atoms with van der Waals surface area (Å²) in [5.41, 5.74) is 5.44. The van der Waals surface area contributed by atoms with Crippen LogP contribution < -0.4 is 0 Å². The highest BCUT2D eigenvalue weighted by Gasteiger charge is 2.17. The smallest absolute Gasteiger partial charge is 0.0833 e. The molecule has 2 rings (SSSR count). The molecule has 3 nitrogen and oxygen atoms in total. The normalized spacial score (nSPS) is 13.4. The van der Waals surface area contributed by atoms with E-state index in [1.807, 2.05) is 4.68 Å². The molecule has 0 N–H and O–H groups in total. The maximum absolute atomic E-state index is 4.27. The van der Waals surface area contributed by atoms with Gasteiger partial charge in [-0.25, -0.2) is 0 Å². The third-order valence-electron chi connectivity index (χ3n) is 4.10. The minimum Gasteiger partial charge on any atom is -0.253 e. The summed E-state index contributed by atoms with van der Waals surface area (Å²) in [5.74, 6) is 0.453. The highest BCUT2D eigenvalue weighted by Crippen LogP contribution is 2.29. The zero-order valence-electron chi connectivity index (χ0n) is 14.1. The Hall–Kier alpha value is -1.64. The fourth-order valence-electron chi connectivity index (χ4n) is 2.65. The predicted octanol–water partition coefficient (Wildman–Crippen LogP) is 4.25. The van der Waals surface area contributed by atoms with Gasteiger partial charge in [-0.1, -0.05) is 51.1 Å². The van der Waals surface area contributed by atoms with Crippen molar-refractivity contribution in [2.24, 2.45) is 0 Å². The summed E-state index contributed by atoms with van der Waals surface area (Å²) in [6.45, 7) is 14.2. The van der Waals surface area contributed by atoms with E-state index in [0.29, 0.717) is 5.92 Å². The van der Waals surface area contributed by atoms with Gasteiger partial charge in [-0.3, -0.25) is 4.68 Å². The van der Waals surface area contributed by atoms with Crippen molar-refractivity contribution in [3.63, 3.8) is 0 Å². The third-order valence-corrected chi connectivity index (χ3v) is 4.10. The van der Waals surface area contributed by atoms with Gasteiger partial charge in [0.25, 0.3) is 0 Å². The lowest BCUT2D eigenvalue weighted by atomic mass is 9.82. The van der Waals surface area contributed by atoms with E-state index in [1.54, 1.807) is 0 Å². The fraction of sp³-hybridized carbons (Fsp3) is 0.556. The second-order valence-corrected chi connectivity index (χ2v) is 6.99. The molecule has 2 aromatic rings. The zero-order valence-corrected chi connectivity index (χ0v) is 14.1. The molecule has 3 heteroatoms. The largest absolute Gasteiger partial charge is 0.253 e. The van der Waals surface area contributed by atoms with Gasteiger partial charge in [-0.05, 0) is 48.3 Å². The van der Waals surface area contributed by atoms with E-state index in [2.05, 4.69) is 76.3 Å². The molecule has 0 radical (unpaired) electrons. The molecule has 1 unspecified atom stereocenters. The Kier molecular flexibility index (Phi) is 4.50. The van der Waals surface area contributed by atoms with E-state index in [1.165, 1.54) is 16.7 Å². The maximum Gasteiger partial charge on any atom is 0.0833 e. The van der Waals surface area contributed by atoms with Crippen LogP contribution in [0.1, 0.15) is 62.9 Å². The molecule has 0 bridgehead atoms. The van der Waals surface area contributed by atoms with Crippen molar-refractivity contribution in [3.8, 4) is 0 Å². The van der Waals surface area contributed by atoms with Crippen LogP contribution in [-0.4, -0.2) is 15.0 Å². The van der Waals surface area contributed by atoms with Crippen LogP contribution in [0.3, 0.4) is 0 Å². The summed E-state index contributed by atoms with van der Waals surface area (Å²) in [7, 11) is 0. The van der Waals surface area contributed by atoms with Crippen molar-refractivity contribution >= 4 is 0 Å². The number of benzene rings is 1. The topological polar surface area (TPSA) is 30.7 Å². The van der Waals surface area contributed by atoms with Crippen LogP contribution in [0.5, 0.6) is 0 Å². The van der Waals surface area contributed by atoms with Gasteiger partial charge in [0.05, 0.1) is 5.69 Å². The van der Waals surface area contributed by atoms with Crippen LogP contribution in [0.4, 0.5) is 0 Å². The summed E-state index contributed by atoms with van der Waals surface area (Å²) < 4.78 is 1.89. The fourth-order valence-corrected chi connectivity index (χ4v) is 2.65. The molecule has 114 valence electrons. The Morgan fingerprint density at radius 1 is 1.24 bits per heavy atom. The molecule has 0 aliphatic rings. The van der Waals surface area contributed by atoms with Crippen LogP contribution in [0.2, 0.25) is 0 Å². The van der Waals surface area contributed by atoms with E-state index in [9.17, 15) is 0 Å². The van der Waals surface area contributed by atoms with Crippen LogP contribution in [-0.2, 0) is 18.4 Å². The first kappa shape index (κ1) is 15.7. The van der Waals surface area contributed by atoms with E-state index >= 15 is 0 Å². The molecule has 1 atom stereocenters. The molecule has 21 heavy (non-hydrogen) atoms. The second-order valence-electron chi connectivity index (χ2n) is 6.99. The van der Waals surface area contributed by atoms with Gasteiger partial charge in [-0.2, -0.15) is 0 Å². The molecular weight excluding hydrogens is 258 g/mol. The van der Waals surface area contributed by atoms with Gasteiger partial charge >= 0.3 is 0 Å². The third kappa shape index (κ3) is 3.72. The Labute approximate surface area is 128 Å². The van der Waals surface area contributed by atoms with Gasteiger partial charge < -0.3 is 0 Å². The van der Waals surface area contributed by atoms with Crippen molar-refractivity contribution in [3.05, 3.63) is 46.8 Å². The summed E-state index contributed by atoms with van der Waals surface area (Å²) in [6, 6.07) is 6.86. The Morgan fingerprint density at radius 3 is 2.52 bits per heavy atom. The lowest BCUT2D eigenvalue weighted by molar-refractivity contribution is 0.587. The average Bonchev–Trinajstić information content (AvgIpc) is 2.85. The van der Waals surface area contributed by atoms with E-state index in [4.69, 9.17) is 0 Å². The number of rotatable bonds is 4.